The largest absolute Gasteiger partial charge is 0.0691 e. The van der Waals surface area contributed by atoms with Crippen molar-refractivity contribution in [2.45, 2.75) is 32.1 Å². The number of benzene rings is 1. The Balaban J connectivity index is 2.86. The summed E-state index contributed by atoms with van der Waals surface area (Å²) >= 11 is 0. The van der Waals surface area contributed by atoms with Crippen molar-refractivity contribution in [2.75, 3.05) is 0 Å². The molecular formula is C11H17Si. The first-order valence-corrected chi connectivity index (χ1v) is 8.06. The SMILES string of the molecule is CC(c1[c]cccc1)[Si](C)(C)C. The molecule has 1 heteroatoms. The van der Waals surface area contributed by atoms with Gasteiger partial charge >= 0.3 is 0 Å². The van der Waals surface area contributed by atoms with Gasteiger partial charge in [0.1, 0.15) is 0 Å². The van der Waals surface area contributed by atoms with E-state index in [1.54, 1.807) is 0 Å². The predicted molar refractivity (Wildman–Crippen MR) is 57.0 cm³/mol. The third-order valence-corrected chi connectivity index (χ3v) is 5.41. The standard InChI is InChI=1S/C11H17Si/c1-10(12(2,3)4)11-8-6-5-7-9-11/h5-8,10H,1-4H3. The van der Waals surface area contributed by atoms with Crippen LogP contribution in [-0.2, 0) is 0 Å². The van der Waals surface area contributed by atoms with Gasteiger partial charge in [0.05, 0.1) is 8.07 Å². The van der Waals surface area contributed by atoms with E-state index in [0.29, 0.717) is 5.54 Å². The van der Waals surface area contributed by atoms with Crippen LogP contribution in [0.5, 0.6) is 0 Å². The lowest BCUT2D eigenvalue weighted by molar-refractivity contribution is 1.02. The molecule has 1 unspecified atom stereocenters. The summed E-state index contributed by atoms with van der Waals surface area (Å²) in [6.45, 7) is 9.52. The molecule has 0 aromatic heterocycles. The molecule has 1 aromatic rings. The number of hydrogen-bond acceptors (Lipinski definition) is 0. The van der Waals surface area contributed by atoms with Gasteiger partial charge in [-0.3, -0.25) is 0 Å². The molecule has 0 amide bonds. The van der Waals surface area contributed by atoms with Crippen LogP contribution in [0.25, 0.3) is 0 Å². The van der Waals surface area contributed by atoms with E-state index in [2.05, 4.69) is 44.8 Å². The molecule has 0 saturated carbocycles. The van der Waals surface area contributed by atoms with E-state index < -0.39 is 8.07 Å². The maximum Gasteiger partial charge on any atom is 0.0518 e. The quantitative estimate of drug-likeness (QED) is 0.607. The highest BCUT2D eigenvalue weighted by atomic mass is 28.3. The first-order valence-electron chi connectivity index (χ1n) is 4.48. The minimum Gasteiger partial charge on any atom is -0.0691 e. The van der Waals surface area contributed by atoms with Crippen LogP contribution in [0.2, 0.25) is 19.6 Å². The van der Waals surface area contributed by atoms with Gasteiger partial charge in [-0.1, -0.05) is 50.8 Å². The van der Waals surface area contributed by atoms with Crippen LogP contribution in [0, 0.1) is 6.07 Å². The fourth-order valence-electron chi connectivity index (χ4n) is 1.14. The Morgan fingerprint density at radius 3 is 2.33 bits per heavy atom. The molecule has 0 aliphatic rings. The van der Waals surface area contributed by atoms with Crippen molar-refractivity contribution in [3.8, 4) is 0 Å². The first-order chi connectivity index (χ1) is 5.52. The lowest BCUT2D eigenvalue weighted by atomic mass is 10.2. The van der Waals surface area contributed by atoms with Gasteiger partial charge < -0.3 is 0 Å². The second-order valence-corrected chi connectivity index (χ2v) is 10.0. The first kappa shape index (κ1) is 9.52. The van der Waals surface area contributed by atoms with Gasteiger partial charge in [-0.15, -0.1) is 0 Å². The van der Waals surface area contributed by atoms with Crippen molar-refractivity contribution in [1.29, 1.82) is 0 Å². The molecule has 1 rings (SSSR count). The maximum atomic E-state index is 3.31. The van der Waals surface area contributed by atoms with E-state index in [1.807, 2.05) is 12.1 Å². The highest BCUT2D eigenvalue weighted by Crippen LogP contribution is 2.25. The van der Waals surface area contributed by atoms with Crippen molar-refractivity contribution in [3.63, 3.8) is 0 Å². The highest BCUT2D eigenvalue weighted by Gasteiger charge is 2.23. The van der Waals surface area contributed by atoms with Crippen molar-refractivity contribution in [1.82, 2.24) is 0 Å². The summed E-state index contributed by atoms with van der Waals surface area (Å²) in [5.74, 6) is 0. The average Bonchev–Trinajstić information content (AvgIpc) is 2.03. The van der Waals surface area contributed by atoms with Crippen LogP contribution in [0.1, 0.15) is 18.0 Å². The molecule has 1 atom stereocenters. The van der Waals surface area contributed by atoms with Gasteiger partial charge in [-0.05, 0) is 17.2 Å². The Morgan fingerprint density at radius 2 is 1.92 bits per heavy atom. The zero-order valence-electron chi connectivity index (χ0n) is 8.39. The van der Waals surface area contributed by atoms with Crippen molar-refractivity contribution in [2.24, 2.45) is 0 Å². The lowest BCUT2D eigenvalue weighted by Gasteiger charge is -2.25. The molecule has 12 heavy (non-hydrogen) atoms. The summed E-state index contributed by atoms with van der Waals surface area (Å²) in [7, 11) is -1.03. The molecule has 0 heterocycles. The summed E-state index contributed by atoms with van der Waals surface area (Å²) in [6.07, 6.45) is 0. The monoisotopic (exact) mass is 177 g/mol. The van der Waals surface area contributed by atoms with Crippen molar-refractivity contribution in [3.05, 3.63) is 35.9 Å². The average molecular weight is 177 g/mol. The maximum absolute atomic E-state index is 3.31. The summed E-state index contributed by atoms with van der Waals surface area (Å²) in [4.78, 5) is 0. The summed E-state index contributed by atoms with van der Waals surface area (Å²) < 4.78 is 0. The molecule has 0 aliphatic heterocycles. The van der Waals surface area contributed by atoms with Gasteiger partial charge in [0.25, 0.3) is 0 Å². The van der Waals surface area contributed by atoms with Gasteiger partial charge in [0.2, 0.25) is 0 Å². The molecule has 1 radical (unpaired) electrons. The fraction of sp³-hybridized carbons (Fsp3) is 0.455. The minimum absolute atomic E-state index is 0.707. The lowest BCUT2D eigenvalue weighted by Crippen LogP contribution is -2.28. The van der Waals surface area contributed by atoms with Crippen LogP contribution in [0.4, 0.5) is 0 Å². The Kier molecular flexibility index (Phi) is 2.73. The molecule has 0 N–H and O–H groups in total. The summed E-state index contributed by atoms with van der Waals surface area (Å²) in [5.41, 5.74) is 2.08. The number of hydrogen-bond donors (Lipinski definition) is 0. The van der Waals surface area contributed by atoms with E-state index in [1.165, 1.54) is 5.56 Å². The highest BCUT2D eigenvalue weighted by molar-refractivity contribution is 6.77. The Morgan fingerprint density at radius 1 is 1.25 bits per heavy atom. The van der Waals surface area contributed by atoms with Crippen LogP contribution in [0.15, 0.2) is 24.3 Å². The predicted octanol–water partition coefficient (Wildman–Crippen LogP) is 3.47. The fourth-order valence-corrected chi connectivity index (χ4v) is 2.26. The second-order valence-electron chi connectivity index (χ2n) is 4.41. The van der Waals surface area contributed by atoms with Crippen LogP contribution in [-0.4, -0.2) is 8.07 Å². The number of rotatable bonds is 2. The topological polar surface area (TPSA) is 0 Å². The van der Waals surface area contributed by atoms with Gasteiger partial charge in [0, 0.05) is 0 Å². The van der Waals surface area contributed by atoms with E-state index in [9.17, 15) is 0 Å². The van der Waals surface area contributed by atoms with Crippen molar-refractivity contribution < 1.29 is 0 Å². The van der Waals surface area contributed by atoms with E-state index in [-0.39, 0.29) is 0 Å². The molecule has 0 saturated heterocycles. The van der Waals surface area contributed by atoms with Crippen LogP contribution < -0.4 is 0 Å². The van der Waals surface area contributed by atoms with Gasteiger partial charge in [-0.2, -0.15) is 0 Å². The molecule has 0 spiro atoms. The normalized spacial score (nSPS) is 14.3. The molecule has 0 bridgehead atoms. The second kappa shape index (κ2) is 3.44. The Bertz CT molecular complexity index is 233. The van der Waals surface area contributed by atoms with Gasteiger partial charge in [-0.25, -0.2) is 0 Å². The van der Waals surface area contributed by atoms with Crippen LogP contribution >= 0.6 is 0 Å². The zero-order valence-corrected chi connectivity index (χ0v) is 9.39. The van der Waals surface area contributed by atoms with Crippen LogP contribution in [0.3, 0.4) is 0 Å². The molecule has 65 valence electrons. The van der Waals surface area contributed by atoms with Gasteiger partial charge in [0.15, 0.2) is 0 Å². The third-order valence-electron chi connectivity index (χ3n) is 2.50. The van der Waals surface area contributed by atoms with E-state index in [4.69, 9.17) is 0 Å². The summed E-state index contributed by atoms with van der Waals surface area (Å²) in [6, 6.07) is 11.6. The minimum atomic E-state index is -1.03. The van der Waals surface area contributed by atoms with E-state index in [0.717, 1.165) is 0 Å². The Labute approximate surface area is 76.6 Å². The summed E-state index contributed by atoms with van der Waals surface area (Å²) in [5, 5.41) is 0. The Hall–Kier alpha value is -0.563. The third kappa shape index (κ3) is 2.21. The molecule has 1 aromatic carbocycles. The van der Waals surface area contributed by atoms with Crippen molar-refractivity contribution >= 4 is 8.07 Å². The zero-order chi connectivity index (χ0) is 9.19. The smallest absolute Gasteiger partial charge is 0.0518 e. The molecule has 0 fully saturated rings. The molecule has 0 nitrogen and oxygen atoms in total. The molecule has 0 aliphatic carbocycles. The molecular weight excluding hydrogens is 160 g/mol. The van der Waals surface area contributed by atoms with E-state index >= 15 is 0 Å².